The maximum Gasteiger partial charge on any atom is 0.274 e. The van der Waals surface area contributed by atoms with E-state index in [1.165, 1.54) is 6.20 Å². The third kappa shape index (κ3) is 5.15. The van der Waals surface area contributed by atoms with Gasteiger partial charge in [0.25, 0.3) is 11.5 Å². The molecule has 1 fully saturated rings. The summed E-state index contributed by atoms with van der Waals surface area (Å²) in [6.07, 6.45) is 6.59. The molecule has 0 spiro atoms. The SMILES string of the molecule is CCC(CCCOC)NC(=O)c1cnn2c(NC)cc(Nc3cccn([C@@H]4CC[C@@H]4O)c3=O)nc12. The highest BCUT2D eigenvalue weighted by Gasteiger charge is 2.31. The van der Waals surface area contributed by atoms with Gasteiger partial charge in [0, 0.05) is 39.1 Å². The second-order valence-electron chi connectivity index (χ2n) is 8.76. The molecule has 0 aliphatic heterocycles. The average Bonchev–Trinajstić information content (AvgIpc) is 3.28. The van der Waals surface area contributed by atoms with Crippen LogP contribution in [0.15, 0.2) is 35.4 Å². The van der Waals surface area contributed by atoms with E-state index in [9.17, 15) is 14.7 Å². The van der Waals surface area contributed by atoms with Gasteiger partial charge in [-0.3, -0.25) is 9.59 Å². The molecular weight excluding hydrogens is 450 g/mol. The largest absolute Gasteiger partial charge is 0.391 e. The lowest BCUT2D eigenvalue weighted by atomic mass is 9.89. The zero-order valence-electron chi connectivity index (χ0n) is 20.3. The van der Waals surface area contributed by atoms with Crippen LogP contribution in [0.5, 0.6) is 0 Å². The number of methoxy groups -OCH3 is 1. The third-order valence-electron chi connectivity index (χ3n) is 6.50. The number of carbonyl (C=O) groups is 1. The number of amides is 1. The predicted octanol–water partition coefficient (Wildman–Crippen LogP) is 2.31. The molecule has 188 valence electrons. The highest BCUT2D eigenvalue weighted by Crippen LogP contribution is 2.31. The topological polar surface area (TPSA) is 135 Å². The fourth-order valence-electron chi connectivity index (χ4n) is 4.27. The molecule has 1 saturated carbocycles. The van der Waals surface area contributed by atoms with E-state index in [4.69, 9.17) is 4.74 Å². The molecule has 35 heavy (non-hydrogen) atoms. The summed E-state index contributed by atoms with van der Waals surface area (Å²) < 4.78 is 8.23. The number of fused-ring (bicyclic) bond motifs is 1. The Bertz CT molecular complexity index is 1240. The van der Waals surface area contributed by atoms with Crippen molar-refractivity contribution in [2.45, 2.75) is 57.2 Å². The number of hydrogen-bond donors (Lipinski definition) is 4. The number of carbonyl (C=O) groups excluding carboxylic acids is 1. The van der Waals surface area contributed by atoms with E-state index in [1.807, 2.05) is 6.92 Å². The van der Waals surface area contributed by atoms with E-state index in [0.29, 0.717) is 41.6 Å². The minimum absolute atomic E-state index is 0.0160. The van der Waals surface area contributed by atoms with E-state index < -0.39 is 6.10 Å². The van der Waals surface area contributed by atoms with Crippen molar-refractivity contribution in [2.24, 2.45) is 0 Å². The van der Waals surface area contributed by atoms with E-state index in [2.05, 4.69) is 26.0 Å². The number of aromatic nitrogens is 4. The Morgan fingerprint density at radius 3 is 2.86 bits per heavy atom. The van der Waals surface area contributed by atoms with Gasteiger partial charge in [-0.2, -0.15) is 9.61 Å². The molecule has 1 aliphatic carbocycles. The molecule has 3 atom stereocenters. The monoisotopic (exact) mass is 483 g/mol. The van der Waals surface area contributed by atoms with Gasteiger partial charge in [0.05, 0.1) is 18.3 Å². The second-order valence-corrected chi connectivity index (χ2v) is 8.76. The summed E-state index contributed by atoms with van der Waals surface area (Å²) in [6, 6.07) is 4.95. The molecule has 11 nitrogen and oxygen atoms in total. The standard InChI is InChI=1S/C24H33N7O4/c1-4-15(7-6-12-35-3)27-23(33)16-14-26-31-21(25-2)13-20(29-22(16)31)28-17-8-5-11-30(24(17)34)18-9-10-19(18)32/h5,8,11,13-15,18-19,25,32H,4,6-7,9-10,12H2,1-3H3,(H,27,33)(H,28,29)/t15?,18-,19+/m1/s1. The van der Waals surface area contributed by atoms with Crippen molar-refractivity contribution < 1.29 is 14.6 Å². The van der Waals surface area contributed by atoms with E-state index in [-0.39, 0.29) is 23.6 Å². The lowest BCUT2D eigenvalue weighted by molar-refractivity contribution is 0.0300. The van der Waals surface area contributed by atoms with Crippen molar-refractivity contribution in [3.63, 3.8) is 0 Å². The molecule has 1 unspecified atom stereocenters. The van der Waals surface area contributed by atoms with Crippen LogP contribution in [0.3, 0.4) is 0 Å². The number of pyridine rings is 1. The van der Waals surface area contributed by atoms with Crippen molar-refractivity contribution in [3.05, 3.63) is 46.5 Å². The van der Waals surface area contributed by atoms with Gasteiger partial charge in [0.2, 0.25) is 0 Å². The third-order valence-corrected chi connectivity index (χ3v) is 6.50. The Morgan fingerprint density at radius 2 is 2.20 bits per heavy atom. The summed E-state index contributed by atoms with van der Waals surface area (Å²) in [5.74, 6) is 0.749. The van der Waals surface area contributed by atoms with E-state index in [0.717, 1.165) is 25.7 Å². The number of ether oxygens (including phenoxy) is 1. The van der Waals surface area contributed by atoms with Gasteiger partial charge in [-0.05, 0) is 44.2 Å². The van der Waals surface area contributed by atoms with Gasteiger partial charge in [0.1, 0.15) is 22.9 Å². The Labute approximate surface area is 203 Å². The predicted molar refractivity (Wildman–Crippen MR) is 133 cm³/mol. The molecule has 0 bridgehead atoms. The summed E-state index contributed by atoms with van der Waals surface area (Å²) in [5, 5.41) is 23.6. The summed E-state index contributed by atoms with van der Waals surface area (Å²) in [5.41, 5.74) is 0.810. The number of anilines is 3. The van der Waals surface area contributed by atoms with Gasteiger partial charge in [-0.1, -0.05) is 6.92 Å². The van der Waals surface area contributed by atoms with Crippen molar-refractivity contribution in [1.29, 1.82) is 0 Å². The fraction of sp³-hybridized carbons (Fsp3) is 0.500. The number of hydrogen-bond acceptors (Lipinski definition) is 8. The lowest BCUT2D eigenvalue weighted by Gasteiger charge is -2.34. The Morgan fingerprint density at radius 1 is 1.37 bits per heavy atom. The Kier molecular flexibility index (Phi) is 7.67. The van der Waals surface area contributed by atoms with Crippen LogP contribution in [-0.2, 0) is 4.74 Å². The quantitative estimate of drug-likeness (QED) is 0.305. The first-order chi connectivity index (χ1) is 17.0. The number of rotatable bonds is 11. The molecule has 1 amide bonds. The van der Waals surface area contributed by atoms with E-state index >= 15 is 0 Å². The van der Waals surface area contributed by atoms with Crippen molar-refractivity contribution in [1.82, 2.24) is 24.5 Å². The summed E-state index contributed by atoms with van der Waals surface area (Å²) in [7, 11) is 3.41. The number of nitrogens with zero attached hydrogens (tertiary/aromatic N) is 4. The molecule has 11 heteroatoms. The summed E-state index contributed by atoms with van der Waals surface area (Å²) >= 11 is 0. The van der Waals surface area contributed by atoms with Crippen LogP contribution in [0, 0.1) is 0 Å². The van der Waals surface area contributed by atoms with Crippen LogP contribution >= 0.6 is 0 Å². The maximum atomic E-state index is 13.1. The highest BCUT2D eigenvalue weighted by atomic mass is 16.5. The smallest absolute Gasteiger partial charge is 0.274 e. The van der Waals surface area contributed by atoms with Crippen LogP contribution < -0.4 is 21.5 Å². The van der Waals surface area contributed by atoms with Gasteiger partial charge in [-0.25, -0.2) is 4.98 Å². The van der Waals surface area contributed by atoms with Crippen LogP contribution in [-0.4, -0.2) is 63.1 Å². The van der Waals surface area contributed by atoms with Crippen LogP contribution in [0.25, 0.3) is 5.65 Å². The van der Waals surface area contributed by atoms with Crippen molar-refractivity contribution in [3.8, 4) is 0 Å². The van der Waals surface area contributed by atoms with Gasteiger partial charge in [0.15, 0.2) is 5.65 Å². The Balaban J connectivity index is 1.61. The van der Waals surface area contributed by atoms with Gasteiger partial charge in [-0.15, -0.1) is 0 Å². The average molecular weight is 484 g/mol. The molecule has 4 N–H and O–H groups in total. The first kappa shape index (κ1) is 24.7. The van der Waals surface area contributed by atoms with Crippen molar-refractivity contribution in [2.75, 3.05) is 31.4 Å². The number of aliphatic hydroxyl groups excluding tert-OH is 1. The van der Waals surface area contributed by atoms with Crippen LogP contribution in [0.2, 0.25) is 0 Å². The highest BCUT2D eigenvalue weighted by molar-refractivity contribution is 6.00. The molecule has 3 aromatic rings. The second kappa shape index (κ2) is 10.9. The maximum absolute atomic E-state index is 13.1. The summed E-state index contributed by atoms with van der Waals surface area (Å²) in [6.45, 7) is 2.68. The number of aliphatic hydroxyl groups is 1. The normalized spacial score (nSPS) is 18.2. The zero-order valence-corrected chi connectivity index (χ0v) is 20.3. The van der Waals surface area contributed by atoms with E-state index in [1.54, 1.807) is 47.6 Å². The zero-order chi connectivity index (χ0) is 24.9. The molecule has 0 radical (unpaired) electrons. The molecule has 3 heterocycles. The molecular formula is C24H33N7O4. The molecule has 4 rings (SSSR count). The molecule has 1 aliphatic rings. The molecule has 0 aromatic carbocycles. The first-order valence-electron chi connectivity index (χ1n) is 12.0. The fourth-order valence-corrected chi connectivity index (χ4v) is 4.27. The summed E-state index contributed by atoms with van der Waals surface area (Å²) in [4.78, 5) is 30.7. The minimum atomic E-state index is -0.511. The molecule has 3 aromatic heterocycles. The Hall–Kier alpha value is -3.44. The van der Waals surface area contributed by atoms with Crippen molar-refractivity contribution >= 4 is 28.9 Å². The first-order valence-corrected chi connectivity index (χ1v) is 12.0. The van der Waals surface area contributed by atoms with Crippen LogP contribution in [0.1, 0.15) is 55.4 Å². The molecule has 0 saturated heterocycles. The van der Waals surface area contributed by atoms with Gasteiger partial charge >= 0.3 is 0 Å². The van der Waals surface area contributed by atoms with Gasteiger partial charge < -0.3 is 30.4 Å². The lowest BCUT2D eigenvalue weighted by Crippen LogP contribution is -2.39. The minimum Gasteiger partial charge on any atom is -0.391 e. The van der Waals surface area contributed by atoms with Crippen LogP contribution in [0.4, 0.5) is 17.3 Å². The number of nitrogens with one attached hydrogen (secondary N) is 3.